The number of unbranched alkanes of at least 4 members (excludes halogenated alkanes) is 1. The average molecular weight is 155 g/mol. The molecule has 0 aromatic carbocycles. The maximum atomic E-state index is 9.81. The van der Waals surface area contributed by atoms with Gasteiger partial charge in [-0.25, -0.2) is 9.79 Å². The second-order valence-electron chi connectivity index (χ2n) is 2.85. The van der Waals surface area contributed by atoms with Gasteiger partial charge in [-0.3, -0.25) is 0 Å². The SMILES string of the molecule is CCCCC(CC)CN=C=O. The molecule has 0 heterocycles. The summed E-state index contributed by atoms with van der Waals surface area (Å²) in [5.41, 5.74) is 0. The molecule has 0 N–H and O–H groups in total. The number of hydrogen-bond acceptors (Lipinski definition) is 2. The highest BCUT2D eigenvalue weighted by Crippen LogP contribution is 2.12. The van der Waals surface area contributed by atoms with Crippen LogP contribution in [-0.4, -0.2) is 12.6 Å². The molecule has 0 rings (SSSR count). The van der Waals surface area contributed by atoms with Crippen molar-refractivity contribution in [3.63, 3.8) is 0 Å². The van der Waals surface area contributed by atoms with Crippen LogP contribution >= 0.6 is 0 Å². The van der Waals surface area contributed by atoms with Crippen molar-refractivity contribution < 1.29 is 4.79 Å². The fraction of sp³-hybridized carbons (Fsp3) is 0.889. The van der Waals surface area contributed by atoms with E-state index in [9.17, 15) is 4.79 Å². The lowest BCUT2D eigenvalue weighted by atomic mass is 10.00. The first-order valence-corrected chi connectivity index (χ1v) is 4.38. The molecule has 0 aromatic heterocycles. The lowest BCUT2D eigenvalue weighted by molar-refractivity contribution is 0.460. The Morgan fingerprint density at radius 3 is 2.64 bits per heavy atom. The van der Waals surface area contributed by atoms with E-state index in [0.29, 0.717) is 12.5 Å². The van der Waals surface area contributed by atoms with Crippen molar-refractivity contribution >= 4 is 6.08 Å². The second kappa shape index (κ2) is 7.49. The summed E-state index contributed by atoms with van der Waals surface area (Å²) >= 11 is 0. The molecule has 0 aromatic rings. The van der Waals surface area contributed by atoms with Gasteiger partial charge in [0.2, 0.25) is 6.08 Å². The van der Waals surface area contributed by atoms with Crippen LogP contribution in [0, 0.1) is 5.92 Å². The fourth-order valence-electron chi connectivity index (χ4n) is 1.08. The monoisotopic (exact) mass is 155 g/mol. The minimum absolute atomic E-state index is 0.594. The zero-order valence-corrected chi connectivity index (χ0v) is 7.47. The van der Waals surface area contributed by atoms with E-state index >= 15 is 0 Å². The van der Waals surface area contributed by atoms with Crippen molar-refractivity contribution in [1.82, 2.24) is 0 Å². The molecule has 0 saturated carbocycles. The molecule has 0 amide bonds. The summed E-state index contributed by atoms with van der Waals surface area (Å²) in [7, 11) is 0. The quantitative estimate of drug-likeness (QED) is 0.428. The molecule has 0 bridgehead atoms. The second-order valence-corrected chi connectivity index (χ2v) is 2.85. The number of carbonyl (C=O) groups excluding carboxylic acids is 1. The van der Waals surface area contributed by atoms with Crippen LogP contribution < -0.4 is 0 Å². The standard InChI is InChI=1S/C9H17NO/c1-3-5-6-9(4-2)7-10-8-11/h9H,3-7H2,1-2H3. The Morgan fingerprint density at radius 1 is 1.45 bits per heavy atom. The normalized spacial score (nSPS) is 12.2. The molecular weight excluding hydrogens is 138 g/mol. The third kappa shape index (κ3) is 5.81. The maximum Gasteiger partial charge on any atom is 0.234 e. The highest BCUT2D eigenvalue weighted by molar-refractivity contribution is 5.32. The smallest absolute Gasteiger partial charge is 0.211 e. The summed E-state index contributed by atoms with van der Waals surface area (Å²) in [6.07, 6.45) is 6.36. The van der Waals surface area contributed by atoms with Gasteiger partial charge in [0.1, 0.15) is 0 Å². The van der Waals surface area contributed by atoms with Gasteiger partial charge in [-0.05, 0) is 12.3 Å². The molecule has 0 aliphatic carbocycles. The maximum absolute atomic E-state index is 9.81. The highest BCUT2D eigenvalue weighted by Gasteiger charge is 2.03. The minimum atomic E-state index is 0.594. The Morgan fingerprint density at radius 2 is 2.18 bits per heavy atom. The van der Waals surface area contributed by atoms with E-state index < -0.39 is 0 Å². The molecule has 0 spiro atoms. The summed E-state index contributed by atoms with van der Waals surface area (Å²) in [5, 5.41) is 0. The van der Waals surface area contributed by atoms with Crippen LogP contribution in [-0.2, 0) is 4.79 Å². The van der Waals surface area contributed by atoms with Crippen molar-refractivity contribution in [3.05, 3.63) is 0 Å². The molecule has 64 valence electrons. The lowest BCUT2D eigenvalue weighted by Gasteiger charge is -2.08. The third-order valence-corrected chi connectivity index (χ3v) is 1.96. The molecule has 0 saturated heterocycles. The van der Waals surface area contributed by atoms with Crippen molar-refractivity contribution in [1.29, 1.82) is 0 Å². The largest absolute Gasteiger partial charge is 0.234 e. The van der Waals surface area contributed by atoms with Crippen molar-refractivity contribution in [2.75, 3.05) is 6.54 Å². The Bertz CT molecular complexity index is 128. The molecular formula is C9H17NO. The van der Waals surface area contributed by atoms with E-state index in [1.165, 1.54) is 19.3 Å². The Labute approximate surface area is 68.7 Å². The fourth-order valence-corrected chi connectivity index (χ4v) is 1.08. The zero-order chi connectivity index (χ0) is 8.53. The topological polar surface area (TPSA) is 29.4 Å². The van der Waals surface area contributed by atoms with E-state index in [1.54, 1.807) is 6.08 Å². The number of aliphatic imine (C=N–C) groups is 1. The van der Waals surface area contributed by atoms with Gasteiger partial charge in [-0.15, -0.1) is 0 Å². The molecule has 0 aliphatic rings. The molecule has 2 heteroatoms. The van der Waals surface area contributed by atoms with Gasteiger partial charge >= 0.3 is 0 Å². The van der Waals surface area contributed by atoms with Gasteiger partial charge in [-0.1, -0.05) is 33.1 Å². The summed E-state index contributed by atoms with van der Waals surface area (Å²) in [6.45, 7) is 4.98. The van der Waals surface area contributed by atoms with Crippen LogP contribution in [0.15, 0.2) is 4.99 Å². The Kier molecular flexibility index (Phi) is 7.06. The Balaban J connectivity index is 3.48. The van der Waals surface area contributed by atoms with E-state index in [4.69, 9.17) is 0 Å². The van der Waals surface area contributed by atoms with Crippen LogP contribution in [0.2, 0.25) is 0 Å². The Hall–Kier alpha value is -0.620. The third-order valence-electron chi connectivity index (χ3n) is 1.96. The van der Waals surface area contributed by atoms with Gasteiger partial charge in [0.25, 0.3) is 0 Å². The van der Waals surface area contributed by atoms with Crippen molar-refractivity contribution in [2.45, 2.75) is 39.5 Å². The first-order chi connectivity index (χ1) is 5.35. The predicted octanol–water partition coefficient (Wildman–Crippen LogP) is 2.54. The highest BCUT2D eigenvalue weighted by atomic mass is 16.1. The predicted molar refractivity (Wildman–Crippen MR) is 46.3 cm³/mol. The van der Waals surface area contributed by atoms with Crippen LogP contribution in [0.1, 0.15) is 39.5 Å². The zero-order valence-electron chi connectivity index (χ0n) is 7.47. The van der Waals surface area contributed by atoms with Crippen LogP contribution in [0.3, 0.4) is 0 Å². The molecule has 1 atom stereocenters. The van der Waals surface area contributed by atoms with Gasteiger partial charge < -0.3 is 0 Å². The molecule has 0 aliphatic heterocycles. The van der Waals surface area contributed by atoms with E-state index in [1.807, 2.05) is 0 Å². The number of rotatable bonds is 6. The summed E-state index contributed by atoms with van der Waals surface area (Å²) in [5.74, 6) is 0.594. The lowest BCUT2D eigenvalue weighted by Crippen LogP contribution is -2.02. The van der Waals surface area contributed by atoms with Crippen LogP contribution in [0.4, 0.5) is 0 Å². The average Bonchev–Trinajstić information content (AvgIpc) is 2.05. The van der Waals surface area contributed by atoms with E-state index in [2.05, 4.69) is 18.8 Å². The first-order valence-electron chi connectivity index (χ1n) is 4.38. The van der Waals surface area contributed by atoms with Crippen molar-refractivity contribution in [3.8, 4) is 0 Å². The van der Waals surface area contributed by atoms with Gasteiger partial charge in [-0.2, -0.15) is 0 Å². The summed E-state index contributed by atoms with van der Waals surface area (Å²) < 4.78 is 0. The molecule has 0 fully saturated rings. The van der Waals surface area contributed by atoms with Crippen LogP contribution in [0.5, 0.6) is 0 Å². The van der Waals surface area contributed by atoms with Crippen molar-refractivity contribution in [2.24, 2.45) is 10.9 Å². The van der Waals surface area contributed by atoms with Gasteiger partial charge in [0.05, 0.1) is 6.54 Å². The summed E-state index contributed by atoms with van der Waals surface area (Å²) in [6, 6.07) is 0. The number of hydrogen-bond donors (Lipinski definition) is 0. The van der Waals surface area contributed by atoms with Crippen LogP contribution in [0.25, 0.3) is 0 Å². The van der Waals surface area contributed by atoms with E-state index in [-0.39, 0.29) is 0 Å². The van der Waals surface area contributed by atoms with Gasteiger partial charge in [0.15, 0.2) is 0 Å². The number of nitrogens with zero attached hydrogens (tertiary/aromatic N) is 1. The molecule has 2 nitrogen and oxygen atoms in total. The molecule has 1 unspecified atom stereocenters. The molecule has 11 heavy (non-hydrogen) atoms. The first kappa shape index (κ1) is 10.4. The molecule has 0 radical (unpaired) electrons. The number of isocyanates is 1. The summed E-state index contributed by atoms with van der Waals surface area (Å²) in [4.78, 5) is 13.4. The minimum Gasteiger partial charge on any atom is -0.211 e. The van der Waals surface area contributed by atoms with E-state index in [0.717, 1.165) is 6.42 Å². The van der Waals surface area contributed by atoms with Gasteiger partial charge in [0, 0.05) is 0 Å².